The van der Waals surface area contributed by atoms with Gasteiger partial charge in [-0.2, -0.15) is 12.6 Å². The van der Waals surface area contributed by atoms with E-state index in [-0.39, 0.29) is 12.3 Å². The Morgan fingerprint density at radius 1 is 1.24 bits per heavy atom. The van der Waals surface area contributed by atoms with E-state index in [9.17, 15) is 14.4 Å². The topological polar surface area (TPSA) is 105 Å². The lowest BCUT2D eigenvalue weighted by molar-refractivity contribution is -0.136. The van der Waals surface area contributed by atoms with Crippen molar-refractivity contribution in [2.75, 3.05) is 24.2 Å². The first kappa shape index (κ1) is 20.9. The highest BCUT2D eigenvalue weighted by Crippen LogP contribution is 2.32. The zero-order valence-electron chi connectivity index (χ0n) is 15.9. The molecule has 1 aliphatic heterocycles. The molecular weight excluding hydrogens is 388 g/mol. The van der Waals surface area contributed by atoms with E-state index in [0.29, 0.717) is 23.2 Å². The number of likely N-dealkylation sites (N-methyl/N-ethyl adjacent to an activating group) is 1. The normalized spacial score (nSPS) is 19.8. The van der Waals surface area contributed by atoms with Crippen LogP contribution in [0.1, 0.15) is 11.1 Å². The number of para-hydroxylation sites is 1. The maximum atomic E-state index is 13.6. The van der Waals surface area contributed by atoms with Crippen molar-refractivity contribution in [3.8, 4) is 0 Å². The second-order valence-corrected chi connectivity index (χ2v) is 6.90. The number of amides is 1. The number of benzene rings is 2. The fourth-order valence-corrected chi connectivity index (χ4v) is 3.53. The Kier molecular flexibility index (Phi) is 6.26. The largest absolute Gasteiger partial charge is 0.321 e. The highest BCUT2D eigenvalue weighted by atomic mass is 32.1. The summed E-state index contributed by atoms with van der Waals surface area (Å²) in [5.74, 6) is -1.23. The third-order valence-electron chi connectivity index (χ3n) is 4.84. The fraction of sp³-hybridized carbons (Fsp3) is 0.238. The maximum Gasteiger partial charge on any atom is 0.278 e. The van der Waals surface area contributed by atoms with Crippen LogP contribution in [0.25, 0.3) is 0 Å². The molecule has 8 heteroatoms. The van der Waals surface area contributed by atoms with E-state index in [1.54, 1.807) is 18.2 Å². The zero-order valence-corrected chi connectivity index (χ0v) is 16.8. The lowest BCUT2D eigenvalue weighted by Gasteiger charge is -2.32. The number of thiol groups is 1. The maximum absolute atomic E-state index is 13.6. The van der Waals surface area contributed by atoms with Crippen LogP contribution in [0.5, 0.6) is 0 Å². The summed E-state index contributed by atoms with van der Waals surface area (Å²) in [7, 11) is 1.47. The number of anilines is 1. The van der Waals surface area contributed by atoms with Gasteiger partial charge in [0.25, 0.3) is 11.6 Å². The Morgan fingerprint density at radius 3 is 2.52 bits per heavy atom. The summed E-state index contributed by atoms with van der Waals surface area (Å²) in [4.78, 5) is 44.1. The molecule has 0 aliphatic carbocycles. The summed E-state index contributed by atoms with van der Waals surface area (Å²) in [5, 5.41) is 2.79. The number of nitrogens with two attached hydrogens (primary N) is 1. The number of aliphatic imine (C=N–C) groups is 1. The zero-order chi connectivity index (χ0) is 21.0. The molecule has 0 spiro atoms. The van der Waals surface area contributed by atoms with Crippen LogP contribution in [0.15, 0.2) is 59.6 Å². The summed E-state index contributed by atoms with van der Waals surface area (Å²) in [6, 6.07) is 15.3. The van der Waals surface area contributed by atoms with Gasteiger partial charge in [-0.15, -0.1) is 0 Å². The molecule has 1 amide bonds. The predicted molar refractivity (Wildman–Crippen MR) is 116 cm³/mol. The van der Waals surface area contributed by atoms with Gasteiger partial charge in [0.15, 0.2) is 0 Å². The molecule has 1 heterocycles. The number of rotatable bonds is 7. The predicted octanol–water partition coefficient (Wildman–Crippen LogP) is 0.811. The molecule has 29 heavy (non-hydrogen) atoms. The van der Waals surface area contributed by atoms with Crippen molar-refractivity contribution in [2.45, 2.75) is 11.7 Å². The number of ketones is 1. The Labute approximate surface area is 174 Å². The summed E-state index contributed by atoms with van der Waals surface area (Å²) in [6.07, 6.45) is 0.617. The van der Waals surface area contributed by atoms with Crippen LogP contribution in [0, 0.1) is 0 Å². The first-order valence-electron chi connectivity index (χ1n) is 9.10. The number of fused-ring (bicyclic) bond motifs is 1. The van der Waals surface area contributed by atoms with Gasteiger partial charge in [-0.1, -0.05) is 48.5 Å². The summed E-state index contributed by atoms with van der Waals surface area (Å²) in [5.41, 5.74) is 6.30. The Balaban J connectivity index is 2.36. The van der Waals surface area contributed by atoms with E-state index in [0.717, 1.165) is 5.56 Å². The molecule has 0 aromatic heterocycles. The minimum absolute atomic E-state index is 0.0480. The van der Waals surface area contributed by atoms with Gasteiger partial charge in [-0.05, 0) is 13.1 Å². The van der Waals surface area contributed by atoms with Crippen molar-refractivity contribution >= 4 is 42.0 Å². The van der Waals surface area contributed by atoms with Gasteiger partial charge in [0.1, 0.15) is 6.29 Å². The van der Waals surface area contributed by atoms with Crippen LogP contribution < -0.4 is 16.0 Å². The van der Waals surface area contributed by atoms with Gasteiger partial charge in [0.05, 0.1) is 24.0 Å². The molecule has 3 rings (SSSR count). The third-order valence-corrected chi connectivity index (χ3v) is 5.23. The number of carbonyl (C=O) groups excluding carboxylic acids is 3. The van der Waals surface area contributed by atoms with Crippen molar-refractivity contribution in [3.05, 3.63) is 65.7 Å². The van der Waals surface area contributed by atoms with Gasteiger partial charge >= 0.3 is 0 Å². The fourth-order valence-electron chi connectivity index (χ4n) is 3.36. The first-order valence-corrected chi connectivity index (χ1v) is 9.73. The van der Waals surface area contributed by atoms with E-state index in [2.05, 4.69) is 22.9 Å². The van der Waals surface area contributed by atoms with Crippen molar-refractivity contribution in [1.29, 1.82) is 0 Å². The molecule has 0 fully saturated rings. The first-order chi connectivity index (χ1) is 14.0. The van der Waals surface area contributed by atoms with Crippen LogP contribution >= 0.6 is 12.6 Å². The standard InChI is InChI=1S/C21H22N4O3S/c1-23-21(19(27)16(22)13-29)20(28)25(11-12-26)17-10-6-5-9-15(17)18(24-21)14-7-3-2-4-8-14/h2-10,12,16,23,29H,11,13,22H2,1H3. The quantitative estimate of drug-likeness (QED) is 0.356. The van der Waals surface area contributed by atoms with Crippen LogP contribution in [-0.4, -0.2) is 54.7 Å². The average Bonchev–Trinajstić information content (AvgIpc) is 2.87. The summed E-state index contributed by atoms with van der Waals surface area (Å²) >= 11 is 4.11. The highest BCUT2D eigenvalue weighted by molar-refractivity contribution is 7.80. The van der Waals surface area contributed by atoms with E-state index in [1.165, 1.54) is 11.9 Å². The Morgan fingerprint density at radius 2 is 1.90 bits per heavy atom. The Hall–Kier alpha value is -2.81. The molecule has 2 unspecified atom stereocenters. The van der Waals surface area contributed by atoms with E-state index in [4.69, 9.17) is 5.73 Å². The van der Waals surface area contributed by atoms with Crippen LogP contribution in [-0.2, 0) is 14.4 Å². The SMILES string of the molecule is CNC1(C(=O)C(N)CS)N=C(c2ccccc2)c2ccccc2N(CC=O)C1=O. The molecular formula is C21H22N4O3S. The second kappa shape index (κ2) is 8.69. The summed E-state index contributed by atoms with van der Waals surface area (Å²) < 4.78 is 0. The van der Waals surface area contributed by atoms with Crippen LogP contribution in [0.3, 0.4) is 0 Å². The molecule has 0 bridgehead atoms. The number of nitrogens with one attached hydrogen (secondary N) is 1. The molecule has 2 aromatic rings. The number of hydrogen-bond acceptors (Lipinski definition) is 7. The van der Waals surface area contributed by atoms with Gasteiger partial charge in [0.2, 0.25) is 5.78 Å². The monoisotopic (exact) mass is 410 g/mol. The molecule has 1 aliphatic rings. The molecule has 3 N–H and O–H groups in total. The Bertz CT molecular complexity index is 963. The van der Waals surface area contributed by atoms with Crippen molar-refractivity contribution < 1.29 is 14.4 Å². The number of benzodiazepines with no additional fused rings is 1. The number of carbonyl (C=O) groups is 3. The average molecular weight is 410 g/mol. The van der Waals surface area contributed by atoms with E-state index < -0.39 is 23.4 Å². The van der Waals surface area contributed by atoms with Crippen molar-refractivity contribution in [3.63, 3.8) is 0 Å². The number of hydrogen-bond donors (Lipinski definition) is 3. The lowest BCUT2D eigenvalue weighted by atomic mass is 9.97. The van der Waals surface area contributed by atoms with Crippen molar-refractivity contribution in [2.24, 2.45) is 10.7 Å². The molecule has 0 radical (unpaired) electrons. The third kappa shape index (κ3) is 3.62. The van der Waals surface area contributed by atoms with Gasteiger partial charge < -0.3 is 15.4 Å². The molecule has 2 aromatic carbocycles. The molecule has 2 atom stereocenters. The minimum atomic E-state index is -1.98. The van der Waals surface area contributed by atoms with Crippen LogP contribution in [0.4, 0.5) is 5.69 Å². The van der Waals surface area contributed by atoms with Crippen molar-refractivity contribution in [1.82, 2.24) is 5.32 Å². The summed E-state index contributed by atoms with van der Waals surface area (Å²) in [6.45, 7) is -0.222. The van der Waals surface area contributed by atoms with E-state index >= 15 is 0 Å². The number of nitrogens with zero attached hydrogens (tertiary/aromatic N) is 2. The molecule has 0 saturated heterocycles. The highest BCUT2D eigenvalue weighted by Gasteiger charge is 2.51. The van der Waals surface area contributed by atoms with Crippen LogP contribution in [0.2, 0.25) is 0 Å². The van der Waals surface area contributed by atoms with Gasteiger partial charge in [-0.25, -0.2) is 4.99 Å². The van der Waals surface area contributed by atoms with Gasteiger partial charge in [-0.3, -0.25) is 14.9 Å². The van der Waals surface area contributed by atoms with Gasteiger partial charge in [0, 0.05) is 16.9 Å². The molecule has 150 valence electrons. The second-order valence-electron chi connectivity index (χ2n) is 6.54. The minimum Gasteiger partial charge on any atom is -0.321 e. The number of aldehydes is 1. The molecule has 7 nitrogen and oxygen atoms in total. The smallest absolute Gasteiger partial charge is 0.278 e. The van der Waals surface area contributed by atoms with E-state index in [1.807, 2.05) is 36.4 Å². The number of Topliss-reactive ketones (excluding diaryl/α,β-unsaturated/α-hetero) is 1. The lowest BCUT2D eigenvalue weighted by Crippen LogP contribution is -2.65. The molecule has 0 saturated carbocycles.